The van der Waals surface area contributed by atoms with Crippen LogP contribution in [0.25, 0.3) is 0 Å². The minimum absolute atomic E-state index is 0.300. The minimum atomic E-state index is 0.300. The number of hydrogen-bond donors (Lipinski definition) is 0. The van der Waals surface area contributed by atoms with E-state index in [-0.39, 0.29) is 0 Å². The van der Waals surface area contributed by atoms with Gasteiger partial charge in [-0.1, -0.05) is 43.2 Å². The number of likely N-dealkylation sites (tertiary alicyclic amines) is 1. The fourth-order valence-electron chi connectivity index (χ4n) is 4.79. The van der Waals surface area contributed by atoms with Crippen molar-refractivity contribution in [2.75, 3.05) is 45.8 Å². The number of carbonyl (C=O) groups is 1. The maximum atomic E-state index is 12.7. The molecule has 0 radical (unpaired) electrons. The van der Waals surface area contributed by atoms with Crippen molar-refractivity contribution in [2.24, 2.45) is 0 Å². The maximum Gasteiger partial charge on any atom is 0.236 e. The summed E-state index contributed by atoms with van der Waals surface area (Å²) in [5.41, 5.74) is 1.35. The molecule has 1 aromatic rings. The average Bonchev–Trinajstić information content (AvgIpc) is 3.24. The van der Waals surface area contributed by atoms with Crippen molar-refractivity contribution in [3.05, 3.63) is 35.9 Å². The summed E-state index contributed by atoms with van der Waals surface area (Å²) in [5, 5.41) is 0. The van der Waals surface area contributed by atoms with Gasteiger partial charge in [-0.2, -0.15) is 0 Å². The van der Waals surface area contributed by atoms with Crippen molar-refractivity contribution in [1.82, 2.24) is 14.7 Å². The Balaban J connectivity index is 1.14. The molecule has 28 heavy (non-hydrogen) atoms. The van der Waals surface area contributed by atoms with Crippen LogP contribution in [-0.4, -0.2) is 78.6 Å². The molecule has 154 valence electrons. The van der Waals surface area contributed by atoms with Gasteiger partial charge in [0.25, 0.3) is 0 Å². The molecule has 2 saturated heterocycles. The molecule has 1 amide bonds. The number of nitrogens with zero attached hydrogens (tertiary/aromatic N) is 3. The molecule has 4 rings (SSSR count). The number of benzene rings is 1. The lowest BCUT2D eigenvalue weighted by Crippen LogP contribution is -2.51. The number of amides is 1. The molecule has 0 N–H and O–H groups in total. The summed E-state index contributed by atoms with van der Waals surface area (Å²) in [4.78, 5) is 19.6. The van der Waals surface area contributed by atoms with Crippen LogP contribution in [0.2, 0.25) is 0 Å². The lowest BCUT2D eigenvalue weighted by atomic mass is 10.1. The predicted octanol–water partition coefficient (Wildman–Crippen LogP) is 2.75. The third kappa shape index (κ3) is 5.56. The van der Waals surface area contributed by atoms with Crippen molar-refractivity contribution in [3.63, 3.8) is 0 Å². The first kappa shape index (κ1) is 19.9. The van der Waals surface area contributed by atoms with Crippen LogP contribution >= 0.6 is 0 Å². The van der Waals surface area contributed by atoms with Crippen molar-refractivity contribution < 1.29 is 9.53 Å². The molecule has 1 saturated carbocycles. The topological polar surface area (TPSA) is 36.0 Å². The smallest absolute Gasteiger partial charge is 0.236 e. The number of piperazine rings is 1. The van der Waals surface area contributed by atoms with Gasteiger partial charge >= 0.3 is 0 Å². The van der Waals surface area contributed by atoms with Crippen molar-refractivity contribution in [1.29, 1.82) is 0 Å². The van der Waals surface area contributed by atoms with E-state index in [1.54, 1.807) is 0 Å². The molecule has 5 nitrogen and oxygen atoms in total. The molecule has 1 aromatic carbocycles. The zero-order valence-corrected chi connectivity index (χ0v) is 17.1. The van der Waals surface area contributed by atoms with Crippen LogP contribution in [0.4, 0.5) is 0 Å². The number of carbonyl (C=O) groups excluding carboxylic acids is 1. The normalized spacial score (nSPS) is 23.4. The third-order valence-corrected chi connectivity index (χ3v) is 6.55. The molecule has 3 fully saturated rings. The van der Waals surface area contributed by atoms with Crippen LogP contribution in [0.5, 0.6) is 0 Å². The molecule has 0 atom stereocenters. The number of hydrogen-bond acceptors (Lipinski definition) is 4. The highest BCUT2D eigenvalue weighted by Crippen LogP contribution is 2.25. The van der Waals surface area contributed by atoms with Gasteiger partial charge in [0.1, 0.15) is 0 Å². The highest BCUT2D eigenvalue weighted by Gasteiger charge is 2.27. The summed E-state index contributed by atoms with van der Waals surface area (Å²) in [5.74, 6) is 0.300. The monoisotopic (exact) mass is 385 g/mol. The molecular weight excluding hydrogens is 350 g/mol. The van der Waals surface area contributed by atoms with Crippen LogP contribution in [0, 0.1) is 0 Å². The van der Waals surface area contributed by atoms with Crippen LogP contribution in [0.15, 0.2) is 30.3 Å². The molecule has 5 heteroatoms. The van der Waals surface area contributed by atoms with Crippen molar-refractivity contribution in [2.45, 2.75) is 57.3 Å². The van der Waals surface area contributed by atoms with Crippen molar-refractivity contribution in [3.8, 4) is 0 Å². The Bertz CT molecular complexity index is 602. The van der Waals surface area contributed by atoms with Gasteiger partial charge in [-0.15, -0.1) is 0 Å². The fraction of sp³-hybridized carbons (Fsp3) is 0.696. The Morgan fingerprint density at radius 1 is 0.821 bits per heavy atom. The van der Waals surface area contributed by atoms with Gasteiger partial charge in [-0.25, -0.2) is 0 Å². The van der Waals surface area contributed by atoms with Gasteiger partial charge in [0, 0.05) is 45.8 Å². The van der Waals surface area contributed by atoms with E-state index in [9.17, 15) is 4.79 Å². The maximum absolute atomic E-state index is 12.7. The largest absolute Gasteiger partial charge is 0.375 e. The molecule has 0 bridgehead atoms. The SMILES string of the molecule is O=C(CN1CCC(OC2CCCC2)CC1)N1CCN(Cc2ccccc2)CC1. The molecule has 0 spiro atoms. The van der Waals surface area contributed by atoms with Crippen molar-refractivity contribution >= 4 is 5.91 Å². The predicted molar refractivity (Wildman–Crippen MR) is 111 cm³/mol. The number of rotatable bonds is 6. The number of piperidine rings is 1. The van der Waals surface area contributed by atoms with Gasteiger partial charge in [0.2, 0.25) is 5.91 Å². The molecule has 2 aliphatic heterocycles. The van der Waals surface area contributed by atoms with Gasteiger partial charge in [-0.05, 0) is 31.2 Å². The first-order valence-electron chi connectivity index (χ1n) is 11.2. The highest BCUT2D eigenvalue weighted by atomic mass is 16.5. The Labute approximate surface area is 169 Å². The first-order chi connectivity index (χ1) is 13.8. The van der Waals surface area contributed by atoms with Crippen LogP contribution < -0.4 is 0 Å². The number of ether oxygens (including phenoxy) is 1. The van der Waals surface area contributed by atoms with E-state index in [2.05, 4.69) is 45.0 Å². The molecular formula is C23H35N3O2. The molecule has 0 aromatic heterocycles. The molecule has 2 heterocycles. The zero-order valence-electron chi connectivity index (χ0n) is 17.1. The van der Waals surface area contributed by atoms with E-state index >= 15 is 0 Å². The third-order valence-electron chi connectivity index (χ3n) is 6.55. The summed E-state index contributed by atoms with van der Waals surface area (Å²) in [6.07, 6.45) is 8.22. The van der Waals surface area contributed by atoms with Crippen LogP contribution in [0.3, 0.4) is 0 Å². The summed E-state index contributed by atoms with van der Waals surface area (Å²) < 4.78 is 6.25. The van der Waals surface area contributed by atoms with Crippen LogP contribution in [0.1, 0.15) is 44.1 Å². The lowest BCUT2D eigenvalue weighted by Gasteiger charge is -2.37. The van der Waals surface area contributed by atoms with Gasteiger partial charge in [0.05, 0.1) is 18.8 Å². The van der Waals surface area contributed by atoms with E-state index in [1.807, 2.05) is 0 Å². The van der Waals surface area contributed by atoms with E-state index < -0.39 is 0 Å². The van der Waals surface area contributed by atoms with E-state index in [0.29, 0.717) is 24.7 Å². The summed E-state index contributed by atoms with van der Waals surface area (Å²) in [6, 6.07) is 10.6. The Morgan fingerprint density at radius 2 is 1.46 bits per heavy atom. The Hall–Kier alpha value is -1.43. The molecule has 0 unspecified atom stereocenters. The van der Waals surface area contributed by atoms with E-state index in [0.717, 1.165) is 58.7 Å². The Kier molecular flexibility index (Phi) is 7.00. The summed E-state index contributed by atoms with van der Waals surface area (Å²) >= 11 is 0. The standard InChI is InChI=1S/C23H35N3O2/c27-23(19-24-12-10-22(11-13-24)28-21-8-4-5-9-21)26-16-14-25(15-17-26)18-20-6-2-1-3-7-20/h1-3,6-7,21-22H,4-5,8-19H2. The zero-order chi connectivity index (χ0) is 19.2. The summed E-state index contributed by atoms with van der Waals surface area (Å²) in [7, 11) is 0. The van der Waals surface area contributed by atoms with E-state index in [1.165, 1.54) is 31.2 Å². The molecule has 1 aliphatic carbocycles. The first-order valence-corrected chi connectivity index (χ1v) is 11.2. The second kappa shape index (κ2) is 9.86. The van der Waals surface area contributed by atoms with Gasteiger partial charge < -0.3 is 9.64 Å². The second-order valence-corrected chi connectivity index (χ2v) is 8.66. The molecule has 3 aliphatic rings. The second-order valence-electron chi connectivity index (χ2n) is 8.66. The Morgan fingerprint density at radius 3 is 2.14 bits per heavy atom. The fourth-order valence-corrected chi connectivity index (χ4v) is 4.79. The average molecular weight is 386 g/mol. The van der Waals surface area contributed by atoms with Crippen LogP contribution in [-0.2, 0) is 16.1 Å². The summed E-state index contributed by atoms with van der Waals surface area (Å²) in [6.45, 7) is 7.20. The van der Waals surface area contributed by atoms with Gasteiger partial charge in [0.15, 0.2) is 0 Å². The van der Waals surface area contributed by atoms with Gasteiger partial charge in [-0.3, -0.25) is 14.6 Å². The van der Waals surface area contributed by atoms with E-state index in [4.69, 9.17) is 4.74 Å². The quantitative estimate of drug-likeness (QED) is 0.754. The minimum Gasteiger partial charge on any atom is -0.375 e. The highest BCUT2D eigenvalue weighted by molar-refractivity contribution is 5.78. The lowest BCUT2D eigenvalue weighted by molar-refractivity contribution is -0.135.